The van der Waals surface area contributed by atoms with E-state index in [-0.39, 0.29) is 19.0 Å². The molecule has 2 rings (SSSR count). The fourth-order valence-electron chi connectivity index (χ4n) is 2.39. The molecule has 1 aromatic rings. The molecule has 0 unspecified atom stereocenters. The van der Waals surface area contributed by atoms with E-state index in [1.165, 1.54) is 0 Å². The Hall–Kier alpha value is -2.25. The standard InChI is InChI=1S/C16H20F3N3O2/c1-12(16(17,18)19)20-15(24)22-10-9-21(14(23)11-22)8-7-13-5-3-2-4-6-13/h2-6,12H,7-11H2,1H3,(H,20,24)/t12-/m1/s1. The van der Waals surface area contributed by atoms with Gasteiger partial charge in [0.25, 0.3) is 0 Å². The number of halogens is 3. The molecule has 1 aliphatic rings. The fraction of sp³-hybridized carbons (Fsp3) is 0.500. The summed E-state index contributed by atoms with van der Waals surface area (Å²) in [5.41, 5.74) is 1.10. The number of carbonyl (C=O) groups is 2. The lowest BCUT2D eigenvalue weighted by Gasteiger charge is -2.35. The van der Waals surface area contributed by atoms with Gasteiger partial charge in [-0.2, -0.15) is 13.2 Å². The topological polar surface area (TPSA) is 52.7 Å². The summed E-state index contributed by atoms with van der Waals surface area (Å²) in [5.74, 6) is -0.257. The number of piperazine rings is 1. The van der Waals surface area contributed by atoms with E-state index in [9.17, 15) is 22.8 Å². The molecule has 3 amide bonds. The van der Waals surface area contributed by atoms with Crippen LogP contribution in [0.1, 0.15) is 12.5 Å². The van der Waals surface area contributed by atoms with Crippen LogP contribution in [0.25, 0.3) is 0 Å². The number of urea groups is 1. The average Bonchev–Trinajstić information content (AvgIpc) is 2.53. The molecule has 1 aliphatic heterocycles. The quantitative estimate of drug-likeness (QED) is 0.910. The van der Waals surface area contributed by atoms with Crippen molar-refractivity contribution in [2.45, 2.75) is 25.6 Å². The van der Waals surface area contributed by atoms with Crippen molar-refractivity contribution in [3.8, 4) is 0 Å². The minimum absolute atomic E-state index is 0.203. The Balaban J connectivity index is 1.82. The van der Waals surface area contributed by atoms with Crippen LogP contribution < -0.4 is 5.32 Å². The Morgan fingerprint density at radius 1 is 1.25 bits per heavy atom. The molecule has 0 radical (unpaired) electrons. The first-order chi connectivity index (χ1) is 11.3. The molecule has 1 atom stereocenters. The second-order valence-electron chi connectivity index (χ2n) is 5.75. The summed E-state index contributed by atoms with van der Waals surface area (Å²) in [6, 6.07) is 6.86. The third kappa shape index (κ3) is 4.87. The van der Waals surface area contributed by atoms with Crippen LogP contribution >= 0.6 is 0 Å². The maximum absolute atomic E-state index is 12.5. The van der Waals surface area contributed by atoms with E-state index in [1.807, 2.05) is 35.6 Å². The number of nitrogens with zero attached hydrogens (tertiary/aromatic N) is 2. The van der Waals surface area contributed by atoms with Gasteiger partial charge >= 0.3 is 12.2 Å². The van der Waals surface area contributed by atoms with Crippen LogP contribution in [0.2, 0.25) is 0 Å². The molecule has 1 N–H and O–H groups in total. The van der Waals surface area contributed by atoms with Crippen LogP contribution in [0.3, 0.4) is 0 Å². The number of nitrogens with one attached hydrogen (secondary N) is 1. The van der Waals surface area contributed by atoms with Crippen molar-refractivity contribution in [2.75, 3.05) is 26.2 Å². The molecule has 1 aromatic carbocycles. The lowest BCUT2D eigenvalue weighted by atomic mass is 10.1. The molecule has 1 saturated heterocycles. The van der Waals surface area contributed by atoms with Gasteiger partial charge in [0.2, 0.25) is 5.91 Å². The highest BCUT2D eigenvalue weighted by atomic mass is 19.4. The van der Waals surface area contributed by atoms with Crippen LogP contribution in [0.5, 0.6) is 0 Å². The minimum Gasteiger partial charge on any atom is -0.339 e. The van der Waals surface area contributed by atoms with E-state index in [4.69, 9.17) is 0 Å². The van der Waals surface area contributed by atoms with Gasteiger partial charge in [-0.05, 0) is 18.9 Å². The lowest BCUT2D eigenvalue weighted by molar-refractivity contribution is -0.149. The van der Waals surface area contributed by atoms with Gasteiger partial charge in [0, 0.05) is 19.6 Å². The summed E-state index contributed by atoms with van der Waals surface area (Å²) in [7, 11) is 0. The number of benzene rings is 1. The highest BCUT2D eigenvalue weighted by Crippen LogP contribution is 2.19. The number of hydrogen-bond acceptors (Lipinski definition) is 2. The molecule has 0 saturated carbocycles. The van der Waals surface area contributed by atoms with Gasteiger partial charge in [0.05, 0.1) is 0 Å². The van der Waals surface area contributed by atoms with Gasteiger partial charge in [0.1, 0.15) is 12.6 Å². The number of hydrogen-bond donors (Lipinski definition) is 1. The normalized spacial score (nSPS) is 16.9. The van der Waals surface area contributed by atoms with Gasteiger partial charge in [-0.3, -0.25) is 4.79 Å². The Bertz CT molecular complexity index is 578. The number of carbonyl (C=O) groups excluding carboxylic acids is 2. The second kappa shape index (κ2) is 7.55. The van der Waals surface area contributed by atoms with Gasteiger partial charge in [-0.25, -0.2) is 4.79 Å². The molecule has 8 heteroatoms. The summed E-state index contributed by atoms with van der Waals surface area (Å²) >= 11 is 0. The maximum Gasteiger partial charge on any atom is 0.408 e. The van der Waals surface area contributed by atoms with Crippen molar-refractivity contribution >= 4 is 11.9 Å². The van der Waals surface area contributed by atoms with E-state index in [1.54, 1.807) is 4.90 Å². The predicted octanol–water partition coefficient (Wildman–Crippen LogP) is 2.03. The molecule has 132 valence electrons. The van der Waals surface area contributed by atoms with Crippen LogP contribution in [0, 0.1) is 0 Å². The Morgan fingerprint density at radius 2 is 1.92 bits per heavy atom. The zero-order valence-electron chi connectivity index (χ0n) is 13.3. The van der Waals surface area contributed by atoms with Gasteiger partial charge < -0.3 is 15.1 Å². The van der Waals surface area contributed by atoms with E-state index in [0.717, 1.165) is 17.4 Å². The lowest BCUT2D eigenvalue weighted by Crippen LogP contribution is -2.57. The smallest absolute Gasteiger partial charge is 0.339 e. The van der Waals surface area contributed by atoms with Gasteiger partial charge in [0.15, 0.2) is 0 Å². The first-order valence-corrected chi connectivity index (χ1v) is 7.71. The largest absolute Gasteiger partial charge is 0.408 e. The van der Waals surface area contributed by atoms with E-state index in [2.05, 4.69) is 0 Å². The molecule has 0 aliphatic carbocycles. The first-order valence-electron chi connectivity index (χ1n) is 7.71. The highest BCUT2D eigenvalue weighted by molar-refractivity contribution is 5.85. The minimum atomic E-state index is -4.50. The summed E-state index contributed by atoms with van der Waals surface area (Å²) in [4.78, 5) is 26.7. The molecule has 1 heterocycles. The van der Waals surface area contributed by atoms with Crippen molar-refractivity contribution in [2.24, 2.45) is 0 Å². The zero-order valence-corrected chi connectivity index (χ0v) is 13.3. The molecule has 1 fully saturated rings. The molecular weight excluding hydrogens is 323 g/mol. The molecule has 24 heavy (non-hydrogen) atoms. The number of alkyl halides is 3. The zero-order chi connectivity index (χ0) is 17.7. The monoisotopic (exact) mass is 343 g/mol. The summed E-state index contributed by atoms with van der Waals surface area (Å²) in [6.07, 6.45) is -3.80. The van der Waals surface area contributed by atoms with Gasteiger partial charge in [-0.1, -0.05) is 30.3 Å². The Morgan fingerprint density at radius 3 is 2.50 bits per heavy atom. The van der Waals surface area contributed by atoms with Gasteiger partial charge in [-0.15, -0.1) is 0 Å². The molecule has 5 nitrogen and oxygen atoms in total. The van der Waals surface area contributed by atoms with Crippen LogP contribution in [0.15, 0.2) is 30.3 Å². The van der Waals surface area contributed by atoms with Crippen molar-refractivity contribution in [1.29, 1.82) is 0 Å². The van der Waals surface area contributed by atoms with E-state index < -0.39 is 18.2 Å². The predicted molar refractivity (Wildman–Crippen MR) is 82.3 cm³/mol. The first kappa shape index (κ1) is 18.1. The van der Waals surface area contributed by atoms with Crippen molar-refractivity contribution in [1.82, 2.24) is 15.1 Å². The fourth-order valence-corrected chi connectivity index (χ4v) is 2.39. The SMILES string of the molecule is C[C@@H](NC(=O)N1CCN(CCc2ccccc2)C(=O)C1)C(F)(F)F. The van der Waals surface area contributed by atoms with Crippen molar-refractivity contribution in [3.63, 3.8) is 0 Å². The van der Waals surface area contributed by atoms with E-state index >= 15 is 0 Å². The molecule has 0 spiro atoms. The van der Waals surface area contributed by atoms with Crippen molar-refractivity contribution in [3.05, 3.63) is 35.9 Å². The summed E-state index contributed by atoms with van der Waals surface area (Å²) in [6.45, 7) is 1.73. The summed E-state index contributed by atoms with van der Waals surface area (Å²) < 4.78 is 37.4. The van der Waals surface area contributed by atoms with Crippen LogP contribution in [-0.4, -0.2) is 60.1 Å². The molecule has 0 aromatic heterocycles. The Labute approximate surface area is 138 Å². The number of rotatable bonds is 4. The molecule has 0 bridgehead atoms. The van der Waals surface area contributed by atoms with E-state index in [0.29, 0.717) is 19.5 Å². The highest BCUT2D eigenvalue weighted by Gasteiger charge is 2.38. The maximum atomic E-state index is 12.5. The van der Waals surface area contributed by atoms with Crippen LogP contribution in [0.4, 0.5) is 18.0 Å². The number of amides is 3. The second-order valence-corrected chi connectivity index (χ2v) is 5.75. The Kier molecular flexibility index (Phi) is 5.69. The average molecular weight is 343 g/mol. The third-order valence-corrected chi connectivity index (χ3v) is 3.95. The third-order valence-electron chi connectivity index (χ3n) is 3.95. The van der Waals surface area contributed by atoms with Crippen molar-refractivity contribution < 1.29 is 22.8 Å². The van der Waals surface area contributed by atoms with Crippen LogP contribution in [-0.2, 0) is 11.2 Å². The molecular formula is C16H20F3N3O2. The summed E-state index contributed by atoms with van der Waals surface area (Å²) in [5, 5.41) is 1.87.